The van der Waals surface area contributed by atoms with Crippen LogP contribution in [0.25, 0.3) is 0 Å². The minimum absolute atomic E-state index is 0.114. The van der Waals surface area contributed by atoms with Gasteiger partial charge in [-0.2, -0.15) is 11.8 Å². The van der Waals surface area contributed by atoms with Crippen LogP contribution in [0, 0.1) is 0 Å². The molecule has 1 aliphatic carbocycles. The van der Waals surface area contributed by atoms with Crippen LogP contribution in [0.4, 0.5) is 0 Å². The van der Waals surface area contributed by atoms with Gasteiger partial charge in [-0.1, -0.05) is 13.3 Å². The molecular weight excluding hydrogens is 242 g/mol. The zero-order valence-corrected chi connectivity index (χ0v) is 11.8. The average Bonchev–Trinajstić information content (AvgIpc) is 2.25. The first-order chi connectivity index (χ1) is 7.43. The molecule has 0 spiro atoms. The van der Waals surface area contributed by atoms with Crippen molar-refractivity contribution in [3.8, 4) is 0 Å². The van der Waals surface area contributed by atoms with Crippen LogP contribution in [0.3, 0.4) is 0 Å². The predicted molar refractivity (Wildman–Crippen MR) is 71.6 cm³/mol. The summed E-state index contributed by atoms with van der Waals surface area (Å²) in [6.45, 7) is 2.09. The maximum Gasteiger partial charge on any atom is 0.150 e. The van der Waals surface area contributed by atoms with Crippen molar-refractivity contribution in [1.82, 2.24) is 0 Å². The molecule has 0 aliphatic heterocycles. The molecule has 1 rings (SSSR count). The molecule has 1 saturated carbocycles. The molecule has 0 amide bonds. The summed E-state index contributed by atoms with van der Waals surface area (Å²) < 4.78 is 23.0. The van der Waals surface area contributed by atoms with Gasteiger partial charge in [-0.3, -0.25) is 0 Å². The summed E-state index contributed by atoms with van der Waals surface area (Å²) in [5.41, 5.74) is 5.87. The Bertz CT molecular complexity index is 303. The fourth-order valence-electron chi connectivity index (χ4n) is 2.02. The summed E-state index contributed by atoms with van der Waals surface area (Å²) in [6.07, 6.45) is 6.21. The van der Waals surface area contributed by atoms with Crippen LogP contribution in [0.5, 0.6) is 0 Å². The molecule has 1 fully saturated rings. The quantitative estimate of drug-likeness (QED) is 0.823. The number of thioether (sulfide) groups is 1. The van der Waals surface area contributed by atoms with E-state index in [1.54, 1.807) is 0 Å². The molecule has 0 radical (unpaired) electrons. The lowest BCUT2D eigenvalue weighted by Gasteiger charge is -2.28. The van der Waals surface area contributed by atoms with Crippen molar-refractivity contribution in [2.75, 3.05) is 12.0 Å². The van der Waals surface area contributed by atoms with Gasteiger partial charge in [0, 0.05) is 23.3 Å². The summed E-state index contributed by atoms with van der Waals surface area (Å²) in [5.74, 6) is 0.956. The van der Waals surface area contributed by atoms with Crippen molar-refractivity contribution in [3.05, 3.63) is 0 Å². The number of hydrogen-bond acceptors (Lipinski definition) is 4. The Balaban J connectivity index is 2.39. The highest BCUT2D eigenvalue weighted by Crippen LogP contribution is 2.31. The summed E-state index contributed by atoms with van der Waals surface area (Å²) >= 11 is 1.86. The molecule has 0 heterocycles. The smallest absolute Gasteiger partial charge is 0.150 e. The van der Waals surface area contributed by atoms with E-state index in [-0.39, 0.29) is 11.3 Å². The monoisotopic (exact) mass is 265 g/mol. The van der Waals surface area contributed by atoms with Gasteiger partial charge in [0.2, 0.25) is 0 Å². The molecule has 0 aromatic rings. The van der Waals surface area contributed by atoms with Gasteiger partial charge in [0.25, 0.3) is 0 Å². The standard InChI is InChI=1S/C11H23NO2S2/c1-3-9(12)8-15-10-5-4-6-11(7-10)16(2,13)14/h9-11H,3-8,12H2,1-2H3. The van der Waals surface area contributed by atoms with E-state index in [1.807, 2.05) is 11.8 Å². The maximum atomic E-state index is 11.5. The summed E-state index contributed by atoms with van der Waals surface area (Å²) in [4.78, 5) is 0. The summed E-state index contributed by atoms with van der Waals surface area (Å²) in [5, 5.41) is 0.377. The molecule has 0 saturated heterocycles. The third kappa shape index (κ3) is 4.63. The van der Waals surface area contributed by atoms with Crippen LogP contribution in [-0.4, -0.2) is 37.0 Å². The van der Waals surface area contributed by atoms with Gasteiger partial charge in [0.1, 0.15) is 9.84 Å². The van der Waals surface area contributed by atoms with Gasteiger partial charge in [0.05, 0.1) is 5.25 Å². The molecule has 3 unspecified atom stereocenters. The van der Waals surface area contributed by atoms with Crippen LogP contribution >= 0.6 is 11.8 Å². The fraction of sp³-hybridized carbons (Fsp3) is 1.00. The molecule has 2 N–H and O–H groups in total. The van der Waals surface area contributed by atoms with Gasteiger partial charge in [-0.15, -0.1) is 0 Å². The first-order valence-electron chi connectivity index (χ1n) is 5.99. The Morgan fingerprint density at radius 3 is 2.69 bits per heavy atom. The van der Waals surface area contributed by atoms with Gasteiger partial charge in [-0.05, 0) is 25.7 Å². The van der Waals surface area contributed by atoms with E-state index >= 15 is 0 Å². The van der Waals surface area contributed by atoms with E-state index in [4.69, 9.17) is 5.73 Å². The molecule has 5 heteroatoms. The molecule has 3 nitrogen and oxygen atoms in total. The molecule has 0 aromatic heterocycles. The van der Waals surface area contributed by atoms with Gasteiger partial charge >= 0.3 is 0 Å². The summed E-state index contributed by atoms with van der Waals surface area (Å²) in [6, 6.07) is 0.253. The highest BCUT2D eigenvalue weighted by molar-refractivity contribution is 8.00. The minimum Gasteiger partial charge on any atom is -0.327 e. The molecule has 16 heavy (non-hydrogen) atoms. The van der Waals surface area contributed by atoms with Crippen molar-refractivity contribution >= 4 is 21.6 Å². The van der Waals surface area contributed by atoms with Gasteiger partial charge in [-0.25, -0.2) is 8.42 Å². The SMILES string of the molecule is CCC(N)CSC1CCCC(S(C)(=O)=O)C1. The lowest BCUT2D eigenvalue weighted by atomic mass is 10.00. The number of rotatable bonds is 5. The van der Waals surface area contributed by atoms with Crippen molar-refractivity contribution < 1.29 is 8.42 Å². The largest absolute Gasteiger partial charge is 0.327 e. The van der Waals surface area contributed by atoms with E-state index in [2.05, 4.69) is 6.92 Å². The molecular formula is C11H23NO2S2. The van der Waals surface area contributed by atoms with Crippen molar-refractivity contribution in [3.63, 3.8) is 0 Å². The highest BCUT2D eigenvalue weighted by atomic mass is 32.2. The van der Waals surface area contributed by atoms with Crippen molar-refractivity contribution in [2.45, 2.75) is 55.6 Å². The Hall–Kier alpha value is 0.260. The van der Waals surface area contributed by atoms with Crippen LogP contribution < -0.4 is 5.73 Å². The first kappa shape index (κ1) is 14.3. The van der Waals surface area contributed by atoms with Crippen LogP contribution in [-0.2, 0) is 9.84 Å². The highest BCUT2D eigenvalue weighted by Gasteiger charge is 2.29. The maximum absolute atomic E-state index is 11.5. The Morgan fingerprint density at radius 2 is 2.12 bits per heavy atom. The molecule has 0 bridgehead atoms. The molecule has 3 atom stereocenters. The minimum atomic E-state index is -2.85. The van der Waals surface area contributed by atoms with Crippen LogP contribution in [0.1, 0.15) is 39.0 Å². The normalized spacial score (nSPS) is 28.9. The lowest BCUT2D eigenvalue weighted by Crippen LogP contribution is -2.30. The second kappa shape index (κ2) is 6.26. The third-order valence-electron chi connectivity index (χ3n) is 3.25. The summed E-state index contributed by atoms with van der Waals surface area (Å²) in [7, 11) is -2.85. The Morgan fingerprint density at radius 1 is 1.44 bits per heavy atom. The van der Waals surface area contributed by atoms with Gasteiger partial charge in [0.15, 0.2) is 0 Å². The Kier molecular flexibility index (Phi) is 5.61. The molecule has 1 aliphatic rings. The van der Waals surface area contributed by atoms with E-state index < -0.39 is 9.84 Å². The topological polar surface area (TPSA) is 60.2 Å². The van der Waals surface area contributed by atoms with E-state index in [9.17, 15) is 8.42 Å². The molecule has 96 valence electrons. The predicted octanol–water partition coefficient (Wildman–Crippen LogP) is 1.81. The average molecular weight is 265 g/mol. The zero-order valence-electron chi connectivity index (χ0n) is 10.2. The van der Waals surface area contributed by atoms with E-state index in [1.165, 1.54) is 6.26 Å². The lowest BCUT2D eigenvalue weighted by molar-refractivity contribution is 0.494. The second-order valence-corrected chi connectivity index (χ2v) is 8.40. The van der Waals surface area contributed by atoms with Crippen molar-refractivity contribution in [1.29, 1.82) is 0 Å². The van der Waals surface area contributed by atoms with Crippen LogP contribution in [0.2, 0.25) is 0 Å². The number of hydrogen-bond donors (Lipinski definition) is 1. The molecule has 0 aromatic carbocycles. The first-order valence-corrected chi connectivity index (χ1v) is 8.99. The second-order valence-electron chi connectivity index (χ2n) is 4.74. The van der Waals surface area contributed by atoms with E-state index in [0.717, 1.165) is 37.9 Å². The number of sulfone groups is 1. The third-order valence-corrected chi connectivity index (χ3v) is 6.41. The van der Waals surface area contributed by atoms with Crippen molar-refractivity contribution in [2.24, 2.45) is 5.73 Å². The number of nitrogens with two attached hydrogens (primary N) is 1. The van der Waals surface area contributed by atoms with E-state index in [0.29, 0.717) is 5.25 Å². The van der Waals surface area contributed by atoms with Crippen LogP contribution in [0.15, 0.2) is 0 Å². The Labute approximate surface area is 103 Å². The fourth-order valence-corrected chi connectivity index (χ4v) is 4.78. The zero-order chi connectivity index (χ0) is 12.2. The van der Waals surface area contributed by atoms with Gasteiger partial charge < -0.3 is 5.73 Å².